The summed E-state index contributed by atoms with van der Waals surface area (Å²) in [5, 5.41) is 4.38. The van der Waals surface area contributed by atoms with Gasteiger partial charge in [0, 0.05) is 25.6 Å². The Morgan fingerprint density at radius 1 is 1.20 bits per heavy atom. The van der Waals surface area contributed by atoms with Gasteiger partial charge >= 0.3 is 12.1 Å². The van der Waals surface area contributed by atoms with Crippen molar-refractivity contribution in [3.63, 3.8) is 0 Å². The molecule has 0 fully saturated rings. The first-order valence-corrected chi connectivity index (χ1v) is 8.27. The van der Waals surface area contributed by atoms with E-state index in [9.17, 15) is 9.59 Å². The number of ether oxygens (including phenoxy) is 2. The van der Waals surface area contributed by atoms with Gasteiger partial charge in [0.1, 0.15) is 6.61 Å². The molecule has 7 nitrogen and oxygen atoms in total. The first-order valence-electron chi connectivity index (χ1n) is 8.27. The first-order chi connectivity index (χ1) is 12.1. The molecule has 1 aromatic carbocycles. The molecular weight excluding hydrogens is 322 g/mol. The minimum Gasteiger partial charge on any atom is -0.461 e. The SMILES string of the molecule is CCOC(=O)c1c2c(nn1C)CCN(C(=O)OCc1ccccc1)C2. The number of aromatic nitrogens is 2. The van der Waals surface area contributed by atoms with E-state index in [-0.39, 0.29) is 6.61 Å². The van der Waals surface area contributed by atoms with E-state index >= 15 is 0 Å². The van der Waals surface area contributed by atoms with Crippen LogP contribution in [-0.4, -0.2) is 39.9 Å². The van der Waals surface area contributed by atoms with E-state index in [1.54, 1.807) is 18.9 Å². The molecule has 0 atom stereocenters. The fourth-order valence-electron chi connectivity index (χ4n) is 2.92. The second-order valence-corrected chi connectivity index (χ2v) is 5.83. The number of amides is 1. The van der Waals surface area contributed by atoms with Crippen LogP contribution in [0.4, 0.5) is 4.79 Å². The van der Waals surface area contributed by atoms with Crippen LogP contribution in [0.5, 0.6) is 0 Å². The highest BCUT2D eigenvalue weighted by Gasteiger charge is 2.30. The summed E-state index contributed by atoms with van der Waals surface area (Å²) in [5.41, 5.74) is 2.90. The summed E-state index contributed by atoms with van der Waals surface area (Å²) in [6.07, 6.45) is 0.191. The van der Waals surface area contributed by atoms with Crippen molar-refractivity contribution in [1.82, 2.24) is 14.7 Å². The fraction of sp³-hybridized carbons (Fsp3) is 0.389. The molecule has 2 heterocycles. The highest BCUT2D eigenvalue weighted by atomic mass is 16.6. The largest absolute Gasteiger partial charge is 0.461 e. The highest BCUT2D eigenvalue weighted by molar-refractivity contribution is 5.89. The monoisotopic (exact) mass is 343 g/mol. The lowest BCUT2D eigenvalue weighted by molar-refractivity contribution is 0.0508. The molecule has 2 aromatic rings. The maximum Gasteiger partial charge on any atom is 0.410 e. The van der Waals surface area contributed by atoms with Gasteiger partial charge in [-0.15, -0.1) is 0 Å². The molecule has 0 N–H and O–H groups in total. The van der Waals surface area contributed by atoms with Crippen molar-refractivity contribution < 1.29 is 19.1 Å². The number of nitrogens with zero attached hydrogens (tertiary/aromatic N) is 3. The maximum absolute atomic E-state index is 12.4. The first kappa shape index (κ1) is 17.0. The number of hydrogen-bond donors (Lipinski definition) is 0. The Morgan fingerprint density at radius 3 is 2.68 bits per heavy atom. The molecule has 7 heteroatoms. The molecule has 1 aliphatic heterocycles. The molecule has 0 spiro atoms. The van der Waals surface area contributed by atoms with E-state index in [1.807, 2.05) is 30.3 Å². The van der Waals surface area contributed by atoms with Gasteiger partial charge in [0.25, 0.3) is 0 Å². The molecule has 0 unspecified atom stereocenters. The van der Waals surface area contributed by atoms with Crippen molar-refractivity contribution in [2.45, 2.75) is 26.5 Å². The van der Waals surface area contributed by atoms with Gasteiger partial charge in [-0.3, -0.25) is 4.68 Å². The Labute approximate surface area is 146 Å². The number of rotatable bonds is 4. The summed E-state index contributed by atoms with van der Waals surface area (Å²) in [5.74, 6) is -0.418. The Bertz CT molecular complexity index is 770. The van der Waals surface area contributed by atoms with Crippen molar-refractivity contribution >= 4 is 12.1 Å². The quantitative estimate of drug-likeness (QED) is 0.797. The maximum atomic E-state index is 12.4. The van der Waals surface area contributed by atoms with E-state index < -0.39 is 12.1 Å². The van der Waals surface area contributed by atoms with Gasteiger partial charge in [0.15, 0.2) is 5.69 Å². The predicted molar refractivity (Wildman–Crippen MR) is 89.9 cm³/mol. The topological polar surface area (TPSA) is 73.7 Å². The predicted octanol–water partition coefficient (Wildman–Crippen LogP) is 2.29. The minimum atomic E-state index is -0.418. The summed E-state index contributed by atoms with van der Waals surface area (Å²) >= 11 is 0. The third-order valence-corrected chi connectivity index (χ3v) is 4.13. The molecule has 3 rings (SSSR count). The molecular formula is C18H21N3O4. The molecule has 0 saturated heterocycles. The average molecular weight is 343 g/mol. The summed E-state index contributed by atoms with van der Waals surface area (Å²) in [6, 6.07) is 9.52. The number of aryl methyl sites for hydroxylation is 1. The van der Waals surface area contributed by atoms with E-state index in [0.717, 1.165) is 16.8 Å². The van der Waals surface area contributed by atoms with E-state index in [1.165, 1.54) is 4.68 Å². The smallest absolute Gasteiger partial charge is 0.410 e. The van der Waals surface area contributed by atoms with Gasteiger partial charge in [-0.05, 0) is 12.5 Å². The lowest BCUT2D eigenvalue weighted by Crippen LogP contribution is -2.36. The molecule has 1 aromatic heterocycles. The third-order valence-electron chi connectivity index (χ3n) is 4.13. The highest BCUT2D eigenvalue weighted by Crippen LogP contribution is 2.23. The number of esters is 1. The molecule has 132 valence electrons. The van der Waals surface area contributed by atoms with Crippen LogP contribution >= 0.6 is 0 Å². The molecule has 0 radical (unpaired) electrons. The number of benzene rings is 1. The van der Waals surface area contributed by atoms with Crippen LogP contribution in [-0.2, 0) is 36.1 Å². The van der Waals surface area contributed by atoms with Crippen molar-refractivity contribution in [2.75, 3.05) is 13.2 Å². The zero-order valence-electron chi connectivity index (χ0n) is 14.4. The van der Waals surface area contributed by atoms with Crippen LogP contribution in [0.25, 0.3) is 0 Å². The third kappa shape index (κ3) is 3.65. The van der Waals surface area contributed by atoms with Gasteiger partial charge in [-0.25, -0.2) is 9.59 Å². The van der Waals surface area contributed by atoms with Crippen molar-refractivity contribution in [3.05, 3.63) is 52.8 Å². The summed E-state index contributed by atoms with van der Waals surface area (Å²) in [6.45, 7) is 3.08. The number of fused-ring (bicyclic) bond motifs is 1. The van der Waals surface area contributed by atoms with Crippen LogP contribution in [0, 0.1) is 0 Å². The lowest BCUT2D eigenvalue weighted by Gasteiger charge is -2.26. The standard InChI is InChI=1S/C18H21N3O4/c1-3-24-17(22)16-14-11-21(10-9-15(14)19-20(16)2)18(23)25-12-13-7-5-4-6-8-13/h4-8H,3,9-12H2,1-2H3. The summed E-state index contributed by atoms with van der Waals surface area (Å²) < 4.78 is 12.0. The van der Waals surface area contributed by atoms with E-state index in [0.29, 0.717) is 31.8 Å². The Morgan fingerprint density at radius 2 is 1.96 bits per heavy atom. The van der Waals surface area contributed by atoms with Gasteiger partial charge in [-0.2, -0.15) is 5.10 Å². The fourth-order valence-corrected chi connectivity index (χ4v) is 2.92. The molecule has 1 amide bonds. The zero-order valence-corrected chi connectivity index (χ0v) is 14.4. The van der Waals surface area contributed by atoms with Gasteiger partial charge < -0.3 is 14.4 Å². The van der Waals surface area contributed by atoms with Crippen LogP contribution in [0.15, 0.2) is 30.3 Å². The second-order valence-electron chi connectivity index (χ2n) is 5.83. The molecule has 0 bridgehead atoms. The van der Waals surface area contributed by atoms with Crippen molar-refractivity contribution in [1.29, 1.82) is 0 Å². The van der Waals surface area contributed by atoms with Gasteiger partial charge in [0.2, 0.25) is 0 Å². The molecule has 25 heavy (non-hydrogen) atoms. The average Bonchev–Trinajstić information content (AvgIpc) is 2.95. The van der Waals surface area contributed by atoms with Crippen LogP contribution < -0.4 is 0 Å². The normalized spacial score (nSPS) is 13.3. The van der Waals surface area contributed by atoms with Crippen LogP contribution in [0.1, 0.15) is 34.2 Å². The van der Waals surface area contributed by atoms with Gasteiger partial charge in [0.05, 0.1) is 18.8 Å². The number of carbonyl (C=O) groups excluding carboxylic acids is 2. The Balaban J connectivity index is 1.69. The molecule has 0 aliphatic carbocycles. The number of hydrogen-bond acceptors (Lipinski definition) is 5. The van der Waals surface area contributed by atoms with Crippen molar-refractivity contribution in [3.8, 4) is 0 Å². The second kappa shape index (κ2) is 7.38. The Hall–Kier alpha value is -2.83. The summed E-state index contributed by atoms with van der Waals surface area (Å²) in [4.78, 5) is 26.1. The van der Waals surface area contributed by atoms with Crippen LogP contribution in [0.3, 0.4) is 0 Å². The van der Waals surface area contributed by atoms with E-state index in [4.69, 9.17) is 9.47 Å². The Kier molecular flexibility index (Phi) is 5.02. The summed E-state index contributed by atoms with van der Waals surface area (Å²) in [7, 11) is 1.71. The molecule has 1 aliphatic rings. The van der Waals surface area contributed by atoms with Crippen LogP contribution in [0.2, 0.25) is 0 Å². The molecule has 0 saturated carbocycles. The minimum absolute atomic E-state index is 0.223. The van der Waals surface area contributed by atoms with Crippen molar-refractivity contribution in [2.24, 2.45) is 7.05 Å². The van der Waals surface area contributed by atoms with Gasteiger partial charge in [-0.1, -0.05) is 30.3 Å². The van der Waals surface area contributed by atoms with E-state index in [2.05, 4.69) is 5.10 Å². The lowest BCUT2D eigenvalue weighted by atomic mass is 10.1. The number of carbonyl (C=O) groups is 2. The zero-order chi connectivity index (χ0) is 17.8.